The molecule has 93 valence electrons. The molecule has 0 N–H and O–H groups in total. The zero-order valence-corrected chi connectivity index (χ0v) is 10.6. The van der Waals surface area contributed by atoms with E-state index in [1.807, 2.05) is 48.7 Å². The fraction of sp³-hybridized carbons (Fsp3) is 0. The molecule has 2 heterocycles. The van der Waals surface area contributed by atoms with Crippen molar-refractivity contribution in [3.05, 3.63) is 67.1 Å². The van der Waals surface area contributed by atoms with Crippen LogP contribution >= 0.6 is 0 Å². The minimum absolute atomic E-state index is 0.826. The van der Waals surface area contributed by atoms with Crippen LogP contribution in [-0.2, 0) is 0 Å². The van der Waals surface area contributed by atoms with E-state index in [1.165, 1.54) is 0 Å². The van der Waals surface area contributed by atoms with E-state index in [0.29, 0.717) is 0 Å². The lowest BCUT2D eigenvalue weighted by atomic mass is 10.0. The molecule has 0 spiro atoms. The highest BCUT2D eigenvalue weighted by atomic mass is 14.9. The highest BCUT2D eigenvalue weighted by Crippen LogP contribution is 2.29. The molecule has 0 unspecified atom stereocenters. The Morgan fingerprint density at radius 2 is 1.50 bits per heavy atom. The lowest BCUT2D eigenvalue weighted by Gasteiger charge is -2.07. The first-order valence-electron chi connectivity index (χ1n) is 6.40. The van der Waals surface area contributed by atoms with Crippen molar-refractivity contribution in [3.63, 3.8) is 0 Å². The molecule has 1 radical (unpaired) electrons. The molecule has 0 fully saturated rings. The number of hydrogen-bond acceptors (Lipinski definition) is 3. The van der Waals surface area contributed by atoms with Crippen LogP contribution < -0.4 is 0 Å². The average Bonchev–Trinajstić information content (AvgIpc) is 2.54. The topological polar surface area (TPSA) is 38.7 Å². The van der Waals surface area contributed by atoms with Gasteiger partial charge < -0.3 is 0 Å². The molecular formula is C17H10N3. The summed E-state index contributed by atoms with van der Waals surface area (Å²) in [6.45, 7) is 0. The largest absolute Gasteiger partial charge is 0.254 e. The average molecular weight is 256 g/mol. The summed E-state index contributed by atoms with van der Waals surface area (Å²) < 4.78 is 0. The first-order chi connectivity index (χ1) is 9.93. The van der Waals surface area contributed by atoms with Crippen molar-refractivity contribution in [2.45, 2.75) is 0 Å². The number of aromatic nitrogens is 3. The second kappa shape index (κ2) is 4.38. The summed E-state index contributed by atoms with van der Waals surface area (Å²) in [6, 6.07) is 18.1. The number of rotatable bonds is 1. The number of nitrogens with zero attached hydrogens (tertiary/aromatic N) is 3. The van der Waals surface area contributed by atoms with Crippen LogP contribution in [0.15, 0.2) is 60.8 Å². The van der Waals surface area contributed by atoms with Crippen molar-refractivity contribution < 1.29 is 0 Å². The molecule has 3 nitrogen and oxygen atoms in total. The summed E-state index contributed by atoms with van der Waals surface area (Å²) in [5, 5.41) is 3.24. The van der Waals surface area contributed by atoms with Crippen molar-refractivity contribution in [2.24, 2.45) is 0 Å². The van der Waals surface area contributed by atoms with E-state index in [0.717, 1.165) is 33.1 Å². The molecule has 0 aliphatic rings. The summed E-state index contributed by atoms with van der Waals surface area (Å²) in [6.07, 6.45) is 4.54. The number of para-hydroxylation sites is 1. The van der Waals surface area contributed by atoms with Gasteiger partial charge in [-0.1, -0.05) is 42.5 Å². The maximum Gasteiger partial charge on any atom is 0.199 e. The summed E-state index contributed by atoms with van der Waals surface area (Å²) in [7, 11) is 0. The van der Waals surface area contributed by atoms with E-state index in [1.54, 1.807) is 0 Å². The Hall–Kier alpha value is -2.81. The maximum atomic E-state index is 4.52. The van der Waals surface area contributed by atoms with E-state index in [-0.39, 0.29) is 0 Å². The predicted octanol–water partition coefficient (Wildman–Crippen LogP) is 3.65. The summed E-state index contributed by atoms with van der Waals surface area (Å²) in [5.74, 6) is 0. The van der Waals surface area contributed by atoms with Crippen molar-refractivity contribution in [1.29, 1.82) is 0 Å². The van der Waals surface area contributed by atoms with Crippen molar-refractivity contribution in [3.8, 4) is 11.4 Å². The van der Waals surface area contributed by atoms with Gasteiger partial charge in [-0.05, 0) is 17.5 Å². The van der Waals surface area contributed by atoms with Gasteiger partial charge in [0.2, 0.25) is 0 Å². The molecule has 0 bridgehead atoms. The first kappa shape index (κ1) is 11.1. The first-order valence-corrected chi connectivity index (χ1v) is 6.40. The Kier molecular flexibility index (Phi) is 2.42. The number of fused-ring (bicyclic) bond motifs is 2. The maximum absolute atomic E-state index is 4.52. The van der Waals surface area contributed by atoms with Crippen molar-refractivity contribution in [2.75, 3.05) is 0 Å². The predicted molar refractivity (Wildman–Crippen MR) is 79.1 cm³/mol. The third-order valence-electron chi connectivity index (χ3n) is 3.39. The van der Waals surface area contributed by atoms with Crippen LogP contribution in [0.4, 0.5) is 0 Å². The zero-order chi connectivity index (χ0) is 13.4. The molecule has 0 aliphatic carbocycles. The minimum Gasteiger partial charge on any atom is -0.254 e. The molecule has 0 aliphatic heterocycles. The molecule has 2 aromatic carbocycles. The smallest absolute Gasteiger partial charge is 0.199 e. The summed E-state index contributed by atoms with van der Waals surface area (Å²) in [4.78, 5) is 13.0. The number of pyridine rings is 1. The van der Waals surface area contributed by atoms with Gasteiger partial charge in [-0.15, -0.1) is 0 Å². The van der Waals surface area contributed by atoms with E-state index < -0.39 is 0 Å². The molecule has 0 saturated carbocycles. The van der Waals surface area contributed by atoms with Crippen LogP contribution in [0.25, 0.3) is 33.1 Å². The van der Waals surface area contributed by atoms with E-state index in [4.69, 9.17) is 0 Å². The normalized spacial score (nSPS) is 11.0. The molecular weight excluding hydrogens is 246 g/mol. The second-order valence-electron chi connectivity index (χ2n) is 4.57. The van der Waals surface area contributed by atoms with Gasteiger partial charge in [0.05, 0.1) is 11.2 Å². The Balaban J connectivity index is 2.12. The van der Waals surface area contributed by atoms with Crippen LogP contribution in [0, 0.1) is 6.33 Å². The zero-order valence-electron chi connectivity index (χ0n) is 10.6. The fourth-order valence-electron chi connectivity index (χ4n) is 2.45. The van der Waals surface area contributed by atoms with Crippen LogP contribution in [0.3, 0.4) is 0 Å². The monoisotopic (exact) mass is 256 g/mol. The lowest BCUT2D eigenvalue weighted by Crippen LogP contribution is -1.92. The fourth-order valence-corrected chi connectivity index (χ4v) is 2.45. The molecule has 0 amide bonds. The summed E-state index contributed by atoms with van der Waals surface area (Å²) >= 11 is 0. The van der Waals surface area contributed by atoms with Crippen molar-refractivity contribution in [1.82, 2.24) is 15.0 Å². The van der Waals surface area contributed by atoms with E-state index in [9.17, 15) is 0 Å². The Morgan fingerprint density at radius 1 is 0.700 bits per heavy atom. The number of hydrogen-bond donors (Lipinski definition) is 0. The highest BCUT2D eigenvalue weighted by Gasteiger charge is 2.10. The Bertz CT molecular complexity index is 828. The van der Waals surface area contributed by atoms with Gasteiger partial charge in [0.1, 0.15) is 5.69 Å². The number of benzene rings is 2. The van der Waals surface area contributed by atoms with Crippen LogP contribution in [0.1, 0.15) is 0 Å². The molecule has 4 rings (SSSR count). The van der Waals surface area contributed by atoms with Gasteiger partial charge in [-0.3, -0.25) is 4.98 Å². The minimum atomic E-state index is 0.826. The van der Waals surface area contributed by atoms with Gasteiger partial charge >= 0.3 is 0 Å². The van der Waals surface area contributed by atoms with Gasteiger partial charge in [0.25, 0.3) is 0 Å². The molecule has 20 heavy (non-hydrogen) atoms. The van der Waals surface area contributed by atoms with Gasteiger partial charge in [0.15, 0.2) is 6.33 Å². The third-order valence-corrected chi connectivity index (χ3v) is 3.39. The van der Waals surface area contributed by atoms with Crippen LogP contribution in [0.5, 0.6) is 0 Å². The standard InChI is InChI=1S/C17H10N3/c1-2-6-13-12(5-1)9-10-18-16(13)17-14-7-3-4-8-15(14)19-11-20-17/h1-10H. The van der Waals surface area contributed by atoms with Crippen LogP contribution in [0.2, 0.25) is 0 Å². The van der Waals surface area contributed by atoms with E-state index >= 15 is 0 Å². The Morgan fingerprint density at radius 3 is 2.45 bits per heavy atom. The molecule has 2 aromatic heterocycles. The molecule has 0 atom stereocenters. The quantitative estimate of drug-likeness (QED) is 0.522. The lowest BCUT2D eigenvalue weighted by molar-refractivity contribution is 1.19. The van der Waals surface area contributed by atoms with Gasteiger partial charge in [-0.2, -0.15) is 0 Å². The SMILES string of the molecule is [c]1nc(-c2nccc3ccccc23)c2ccccc2n1. The van der Waals surface area contributed by atoms with Crippen LogP contribution in [-0.4, -0.2) is 15.0 Å². The van der Waals surface area contributed by atoms with Gasteiger partial charge in [-0.25, -0.2) is 9.97 Å². The second-order valence-corrected chi connectivity index (χ2v) is 4.57. The molecule has 3 heteroatoms. The summed E-state index contributed by atoms with van der Waals surface area (Å²) in [5.41, 5.74) is 2.58. The van der Waals surface area contributed by atoms with Gasteiger partial charge in [0, 0.05) is 17.0 Å². The molecule has 4 aromatic rings. The Labute approximate surface area is 116 Å². The third kappa shape index (κ3) is 1.64. The van der Waals surface area contributed by atoms with E-state index in [2.05, 4.69) is 33.4 Å². The van der Waals surface area contributed by atoms with Crippen molar-refractivity contribution >= 4 is 21.7 Å². The highest BCUT2D eigenvalue weighted by molar-refractivity contribution is 6.00. The molecule has 0 saturated heterocycles.